The monoisotopic (exact) mass is 218 g/mol. The zero-order chi connectivity index (χ0) is 11.6. The van der Waals surface area contributed by atoms with Crippen LogP contribution in [-0.4, -0.2) is 10.8 Å². The second kappa shape index (κ2) is 4.14. The van der Waals surface area contributed by atoms with Crippen molar-refractivity contribution in [1.82, 2.24) is 16.1 Å². The minimum Gasteiger partial charge on any atom is -0.270 e. The van der Waals surface area contributed by atoms with Crippen LogP contribution < -0.4 is 11.1 Å². The Morgan fingerprint density at radius 3 is 2.50 bits per heavy atom. The van der Waals surface area contributed by atoms with Crippen LogP contribution in [0, 0.1) is 5.41 Å². The molecule has 0 spiro atoms. The van der Waals surface area contributed by atoms with Gasteiger partial charge in [-0.05, 0) is 5.56 Å². The molecular weight excluding hydrogens is 200 g/mol. The van der Waals surface area contributed by atoms with Crippen LogP contribution in [0.15, 0.2) is 35.4 Å². The molecule has 2 N–H and O–H groups in total. The molecule has 0 unspecified atom stereocenters. The van der Waals surface area contributed by atoms with Gasteiger partial charge in [-0.25, -0.2) is 5.53 Å². The summed E-state index contributed by atoms with van der Waals surface area (Å²) >= 11 is 0. The fraction of sp³-hybridized carbons (Fsp3) is 0.417. The number of hydrazone groups is 1. The van der Waals surface area contributed by atoms with Crippen LogP contribution in [0.25, 0.3) is 0 Å². The number of amidine groups is 1. The lowest BCUT2D eigenvalue weighted by Crippen LogP contribution is -2.44. The molecule has 2 rings (SSSR count). The molecule has 16 heavy (non-hydrogen) atoms. The highest BCUT2D eigenvalue weighted by molar-refractivity contribution is 5.87. The fourth-order valence-electron chi connectivity index (χ4n) is 1.70. The third-order valence-electron chi connectivity index (χ3n) is 2.46. The maximum Gasteiger partial charge on any atom is 0.147 e. The summed E-state index contributed by atoms with van der Waals surface area (Å²) in [4.78, 5) is 0. The molecule has 0 fully saturated rings. The van der Waals surface area contributed by atoms with Gasteiger partial charge in [-0.3, -0.25) is 5.01 Å². The van der Waals surface area contributed by atoms with Crippen molar-refractivity contribution in [3.8, 4) is 0 Å². The minimum atomic E-state index is 0.0330. The molecule has 0 atom stereocenters. The SMILES string of the molecule is CC(C)(C)C1=NNNN1Cc1ccccc1. The third kappa shape index (κ3) is 2.33. The number of nitrogens with zero attached hydrogens (tertiary/aromatic N) is 2. The summed E-state index contributed by atoms with van der Waals surface area (Å²) in [6.07, 6.45) is 0. The van der Waals surface area contributed by atoms with E-state index in [0.29, 0.717) is 0 Å². The zero-order valence-corrected chi connectivity index (χ0v) is 9.99. The van der Waals surface area contributed by atoms with E-state index >= 15 is 0 Å². The minimum absolute atomic E-state index is 0.0330. The second-order valence-corrected chi connectivity index (χ2v) is 4.98. The number of hydrazine groups is 2. The predicted molar refractivity (Wildman–Crippen MR) is 65.1 cm³/mol. The molecule has 0 aromatic heterocycles. The first kappa shape index (κ1) is 11.0. The van der Waals surface area contributed by atoms with Gasteiger partial charge in [-0.2, -0.15) is 0 Å². The Morgan fingerprint density at radius 2 is 1.88 bits per heavy atom. The maximum atomic E-state index is 4.27. The van der Waals surface area contributed by atoms with Crippen LogP contribution in [0.4, 0.5) is 0 Å². The summed E-state index contributed by atoms with van der Waals surface area (Å²) in [6.45, 7) is 7.26. The van der Waals surface area contributed by atoms with Gasteiger partial charge in [0.25, 0.3) is 0 Å². The van der Waals surface area contributed by atoms with Crippen molar-refractivity contribution in [2.45, 2.75) is 27.3 Å². The van der Waals surface area contributed by atoms with E-state index in [1.165, 1.54) is 5.56 Å². The number of rotatable bonds is 2. The molecule has 0 radical (unpaired) electrons. The van der Waals surface area contributed by atoms with Gasteiger partial charge in [0.1, 0.15) is 5.84 Å². The van der Waals surface area contributed by atoms with Crippen LogP contribution in [0.3, 0.4) is 0 Å². The third-order valence-corrected chi connectivity index (χ3v) is 2.46. The fourth-order valence-corrected chi connectivity index (χ4v) is 1.70. The summed E-state index contributed by atoms with van der Waals surface area (Å²) < 4.78 is 0. The summed E-state index contributed by atoms with van der Waals surface area (Å²) in [7, 11) is 0. The average Bonchev–Trinajstić information content (AvgIpc) is 2.67. The highest BCUT2D eigenvalue weighted by Gasteiger charge is 2.28. The first-order valence-corrected chi connectivity index (χ1v) is 5.47. The van der Waals surface area contributed by atoms with Crippen molar-refractivity contribution in [3.63, 3.8) is 0 Å². The molecule has 0 bridgehead atoms. The van der Waals surface area contributed by atoms with E-state index < -0.39 is 0 Å². The molecular formula is C12H18N4. The van der Waals surface area contributed by atoms with Gasteiger partial charge in [-0.15, -0.1) is 10.6 Å². The molecule has 86 valence electrons. The highest BCUT2D eigenvalue weighted by atomic mass is 15.8. The van der Waals surface area contributed by atoms with Crippen LogP contribution in [0.1, 0.15) is 26.3 Å². The normalized spacial score (nSPS) is 15.9. The first-order valence-electron chi connectivity index (χ1n) is 5.47. The largest absolute Gasteiger partial charge is 0.270 e. The van der Waals surface area contributed by atoms with Gasteiger partial charge >= 0.3 is 0 Å². The van der Waals surface area contributed by atoms with Crippen LogP contribution in [-0.2, 0) is 6.54 Å². The summed E-state index contributed by atoms with van der Waals surface area (Å²) in [6, 6.07) is 10.3. The summed E-state index contributed by atoms with van der Waals surface area (Å²) in [5, 5.41) is 6.30. The molecule has 1 aliphatic heterocycles. The van der Waals surface area contributed by atoms with Gasteiger partial charge in [-0.1, -0.05) is 51.1 Å². The van der Waals surface area contributed by atoms with E-state index in [0.717, 1.165) is 12.4 Å². The number of hydrogen-bond donors (Lipinski definition) is 2. The van der Waals surface area contributed by atoms with Crippen molar-refractivity contribution in [1.29, 1.82) is 0 Å². The Labute approximate surface area is 96.3 Å². The molecule has 4 heteroatoms. The molecule has 0 amide bonds. The molecule has 1 aromatic carbocycles. The first-order chi connectivity index (χ1) is 7.57. The Balaban J connectivity index is 2.09. The Bertz CT molecular complexity index is 378. The number of nitrogens with one attached hydrogen (secondary N) is 2. The Kier molecular flexibility index (Phi) is 2.83. The molecule has 0 saturated carbocycles. The van der Waals surface area contributed by atoms with Crippen molar-refractivity contribution < 1.29 is 0 Å². The van der Waals surface area contributed by atoms with E-state index in [4.69, 9.17) is 0 Å². The van der Waals surface area contributed by atoms with E-state index in [1.54, 1.807) is 0 Å². The molecule has 4 nitrogen and oxygen atoms in total. The van der Waals surface area contributed by atoms with Crippen LogP contribution >= 0.6 is 0 Å². The van der Waals surface area contributed by atoms with Crippen LogP contribution in [0.2, 0.25) is 0 Å². The molecule has 1 heterocycles. The number of benzene rings is 1. The van der Waals surface area contributed by atoms with Gasteiger partial charge in [0.05, 0.1) is 6.54 Å². The lowest BCUT2D eigenvalue weighted by Gasteiger charge is -2.27. The van der Waals surface area contributed by atoms with Gasteiger partial charge in [0.15, 0.2) is 0 Å². The van der Waals surface area contributed by atoms with Crippen molar-refractivity contribution in [2.75, 3.05) is 0 Å². The zero-order valence-electron chi connectivity index (χ0n) is 9.99. The molecule has 0 aliphatic carbocycles. The van der Waals surface area contributed by atoms with Gasteiger partial charge < -0.3 is 0 Å². The standard InChI is InChI=1S/C12H18N4/c1-12(2,3)11-13-14-15-16(11)9-10-7-5-4-6-8-10/h4-8,14-15H,9H2,1-3H3. The summed E-state index contributed by atoms with van der Waals surface area (Å²) in [5.41, 5.74) is 7.15. The Morgan fingerprint density at radius 1 is 1.19 bits per heavy atom. The van der Waals surface area contributed by atoms with E-state index in [-0.39, 0.29) is 5.41 Å². The van der Waals surface area contributed by atoms with E-state index in [9.17, 15) is 0 Å². The lowest BCUT2D eigenvalue weighted by atomic mass is 9.94. The lowest BCUT2D eigenvalue weighted by molar-refractivity contribution is 0.269. The number of hydrogen-bond acceptors (Lipinski definition) is 4. The smallest absolute Gasteiger partial charge is 0.147 e. The van der Waals surface area contributed by atoms with E-state index in [2.05, 4.69) is 49.1 Å². The molecule has 1 aliphatic rings. The van der Waals surface area contributed by atoms with Gasteiger partial charge in [0.2, 0.25) is 0 Å². The van der Waals surface area contributed by atoms with Crippen molar-refractivity contribution in [3.05, 3.63) is 35.9 Å². The molecule has 1 aromatic rings. The van der Waals surface area contributed by atoms with Crippen molar-refractivity contribution in [2.24, 2.45) is 10.5 Å². The van der Waals surface area contributed by atoms with Gasteiger partial charge in [0, 0.05) is 5.41 Å². The van der Waals surface area contributed by atoms with Crippen molar-refractivity contribution >= 4 is 5.84 Å². The second-order valence-electron chi connectivity index (χ2n) is 4.98. The maximum absolute atomic E-state index is 4.27. The Hall–Kier alpha value is -1.55. The topological polar surface area (TPSA) is 39.7 Å². The quantitative estimate of drug-likeness (QED) is 0.796. The predicted octanol–water partition coefficient (Wildman–Crippen LogP) is 1.87. The van der Waals surface area contributed by atoms with Crippen LogP contribution in [0.5, 0.6) is 0 Å². The highest BCUT2D eigenvalue weighted by Crippen LogP contribution is 2.20. The summed E-state index contributed by atoms with van der Waals surface area (Å²) in [5.74, 6) is 1.02. The average molecular weight is 218 g/mol. The molecule has 0 saturated heterocycles. The van der Waals surface area contributed by atoms with E-state index in [1.807, 2.05) is 23.2 Å².